The minimum Gasteiger partial charge on any atom is -0.337 e. The normalized spacial score (nSPS) is 17.2. The lowest BCUT2D eigenvalue weighted by Crippen LogP contribution is -2.39. The summed E-state index contributed by atoms with van der Waals surface area (Å²) >= 11 is 0. The Kier molecular flexibility index (Phi) is 5.67. The highest BCUT2D eigenvalue weighted by atomic mass is 19.1. The highest BCUT2D eigenvalue weighted by Crippen LogP contribution is 2.31. The SMILES string of the molecule is Cc1ccccc1NC(=O)CN1CCCC[C@H]1c1nc(-c2ccc(F)cc2)no1. The predicted molar refractivity (Wildman–Crippen MR) is 108 cm³/mol. The van der Waals surface area contributed by atoms with Crippen LogP contribution in [0, 0.1) is 12.7 Å². The van der Waals surface area contributed by atoms with E-state index in [4.69, 9.17) is 4.52 Å². The standard InChI is InChI=1S/C22H23FN4O2/c1-15-6-2-3-7-18(15)24-20(28)14-27-13-5-4-8-19(27)22-25-21(26-29-22)16-9-11-17(23)12-10-16/h2-3,6-7,9-12,19H,4-5,8,13-14H2,1H3,(H,24,28)/t19-/m0/s1. The number of benzene rings is 2. The highest BCUT2D eigenvalue weighted by molar-refractivity contribution is 5.92. The molecule has 1 saturated heterocycles. The van der Waals surface area contributed by atoms with E-state index in [1.165, 1.54) is 12.1 Å². The van der Waals surface area contributed by atoms with Crippen molar-refractivity contribution in [2.45, 2.75) is 32.2 Å². The number of hydrogen-bond acceptors (Lipinski definition) is 5. The quantitative estimate of drug-likeness (QED) is 0.697. The van der Waals surface area contributed by atoms with Crippen LogP contribution in [0.5, 0.6) is 0 Å². The van der Waals surface area contributed by atoms with Crippen LogP contribution in [0.25, 0.3) is 11.4 Å². The van der Waals surface area contributed by atoms with Crippen LogP contribution in [0.3, 0.4) is 0 Å². The molecular formula is C22H23FN4O2. The molecule has 2 aromatic carbocycles. The summed E-state index contributed by atoms with van der Waals surface area (Å²) in [6.45, 7) is 3.02. The molecule has 1 aromatic heterocycles. The fourth-order valence-corrected chi connectivity index (χ4v) is 3.63. The Labute approximate surface area is 168 Å². The summed E-state index contributed by atoms with van der Waals surface area (Å²) in [6.07, 6.45) is 2.91. The van der Waals surface area contributed by atoms with Gasteiger partial charge in [0.25, 0.3) is 0 Å². The van der Waals surface area contributed by atoms with Crippen molar-refractivity contribution >= 4 is 11.6 Å². The van der Waals surface area contributed by atoms with Crippen LogP contribution < -0.4 is 5.32 Å². The number of amides is 1. The van der Waals surface area contributed by atoms with Gasteiger partial charge in [0.15, 0.2) is 0 Å². The van der Waals surface area contributed by atoms with E-state index in [9.17, 15) is 9.18 Å². The van der Waals surface area contributed by atoms with E-state index in [-0.39, 0.29) is 24.3 Å². The molecule has 1 aliphatic heterocycles. The number of halogens is 1. The molecule has 1 N–H and O–H groups in total. The Hall–Kier alpha value is -3.06. The van der Waals surface area contributed by atoms with Crippen LogP contribution in [-0.2, 0) is 4.79 Å². The summed E-state index contributed by atoms with van der Waals surface area (Å²) in [5, 5.41) is 7.03. The maximum atomic E-state index is 13.1. The van der Waals surface area contributed by atoms with Crippen molar-refractivity contribution in [3.8, 4) is 11.4 Å². The molecule has 1 aliphatic rings. The third kappa shape index (κ3) is 4.51. The number of nitrogens with one attached hydrogen (secondary N) is 1. The minimum absolute atomic E-state index is 0.0653. The molecule has 4 rings (SSSR count). The second-order valence-corrected chi connectivity index (χ2v) is 7.31. The first-order valence-corrected chi connectivity index (χ1v) is 9.79. The van der Waals surface area contributed by atoms with Crippen LogP contribution >= 0.6 is 0 Å². The van der Waals surface area contributed by atoms with Crippen LogP contribution in [0.2, 0.25) is 0 Å². The van der Waals surface area contributed by atoms with E-state index < -0.39 is 0 Å². The van der Waals surface area contributed by atoms with Gasteiger partial charge in [0, 0.05) is 11.3 Å². The number of carbonyl (C=O) groups excluding carboxylic acids is 1. The van der Waals surface area contributed by atoms with Crippen molar-refractivity contribution in [2.24, 2.45) is 0 Å². The van der Waals surface area contributed by atoms with E-state index >= 15 is 0 Å². The molecular weight excluding hydrogens is 371 g/mol. The molecule has 0 aliphatic carbocycles. The molecule has 0 saturated carbocycles. The number of rotatable bonds is 5. The molecule has 7 heteroatoms. The summed E-state index contributed by atoms with van der Waals surface area (Å²) < 4.78 is 18.7. The number of aryl methyl sites for hydroxylation is 1. The maximum Gasteiger partial charge on any atom is 0.244 e. The van der Waals surface area contributed by atoms with E-state index in [0.717, 1.165) is 37.1 Å². The first-order valence-electron chi connectivity index (χ1n) is 9.79. The van der Waals surface area contributed by atoms with E-state index in [1.54, 1.807) is 12.1 Å². The molecule has 1 atom stereocenters. The van der Waals surface area contributed by atoms with E-state index in [2.05, 4.69) is 20.4 Å². The molecule has 0 spiro atoms. The summed E-state index contributed by atoms with van der Waals surface area (Å²) in [5.41, 5.74) is 2.54. The van der Waals surface area contributed by atoms with Gasteiger partial charge in [-0.05, 0) is 62.2 Å². The third-order valence-corrected chi connectivity index (χ3v) is 5.21. The Balaban J connectivity index is 1.47. The fraction of sp³-hybridized carbons (Fsp3) is 0.318. The average molecular weight is 394 g/mol. The van der Waals surface area contributed by atoms with Crippen molar-refractivity contribution in [2.75, 3.05) is 18.4 Å². The van der Waals surface area contributed by atoms with Crippen LogP contribution in [0.4, 0.5) is 10.1 Å². The Morgan fingerprint density at radius 1 is 1.21 bits per heavy atom. The van der Waals surface area contributed by atoms with Gasteiger partial charge in [-0.25, -0.2) is 4.39 Å². The van der Waals surface area contributed by atoms with Gasteiger partial charge < -0.3 is 9.84 Å². The van der Waals surface area contributed by atoms with Crippen LogP contribution in [-0.4, -0.2) is 34.0 Å². The lowest BCUT2D eigenvalue weighted by molar-refractivity contribution is -0.118. The van der Waals surface area contributed by atoms with Crippen molar-refractivity contribution in [1.29, 1.82) is 0 Å². The molecule has 0 bridgehead atoms. The lowest BCUT2D eigenvalue weighted by Gasteiger charge is -2.32. The van der Waals surface area contributed by atoms with Crippen LogP contribution in [0.1, 0.15) is 36.8 Å². The molecule has 29 heavy (non-hydrogen) atoms. The molecule has 6 nitrogen and oxygen atoms in total. The number of para-hydroxylation sites is 1. The molecule has 0 unspecified atom stereocenters. The second-order valence-electron chi connectivity index (χ2n) is 7.31. The van der Waals surface area contributed by atoms with Gasteiger partial charge in [-0.2, -0.15) is 4.98 Å². The zero-order valence-corrected chi connectivity index (χ0v) is 16.3. The summed E-state index contributed by atoms with van der Waals surface area (Å²) in [6, 6.07) is 13.6. The number of nitrogens with zero attached hydrogens (tertiary/aromatic N) is 3. The largest absolute Gasteiger partial charge is 0.337 e. The van der Waals surface area contributed by atoms with Gasteiger partial charge in [-0.3, -0.25) is 9.69 Å². The monoisotopic (exact) mass is 394 g/mol. The Morgan fingerprint density at radius 2 is 2.00 bits per heavy atom. The lowest BCUT2D eigenvalue weighted by atomic mass is 10.0. The molecule has 1 amide bonds. The molecule has 2 heterocycles. The first-order chi connectivity index (χ1) is 14.1. The van der Waals surface area contributed by atoms with E-state index in [1.807, 2.05) is 31.2 Å². The first kappa shape index (κ1) is 19.3. The fourth-order valence-electron chi connectivity index (χ4n) is 3.63. The van der Waals surface area contributed by atoms with Crippen molar-refractivity contribution in [1.82, 2.24) is 15.0 Å². The summed E-state index contributed by atoms with van der Waals surface area (Å²) in [4.78, 5) is 19.2. The van der Waals surface area contributed by atoms with Gasteiger partial charge in [0.2, 0.25) is 17.6 Å². The Morgan fingerprint density at radius 3 is 2.79 bits per heavy atom. The van der Waals surface area contributed by atoms with Gasteiger partial charge >= 0.3 is 0 Å². The van der Waals surface area contributed by atoms with Gasteiger partial charge in [-0.15, -0.1) is 0 Å². The Bertz CT molecular complexity index is 986. The second kappa shape index (κ2) is 8.53. The average Bonchev–Trinajstić information content (AvgIpc) is 3.21. The molecule has 150 valence electrons. The van der Waals surface area contributed by atoms with Crippen molar-refractivity contribution < 1.29 is 13.7 Å². The minimum atomic E-state index is -0.310. The molecule has 0 radical (unpaired) electrons. The van der Waals surface area contributed by atoms with E-state index in [0.29, 0.717) is 17.3 Å². The summed E-state index contributed by atoms with van der Waals surface area (Å²) in [5.74, 6) is 0.544. The van der Waals surface area contributed by atoms with Crippen molar-refractivity contribution in [3.63, 3.8) is 0 Å². The maximum absolute atomic E-state index is 13.1. The number of aromatic nitrogens is 2. The summed E-state index contributed by atoms with van der Waals surface area (Å²) in [7, 11) is 0. The molecule has 1 fully saturated rings. The third-order valence-electron chi connectivity index (χ3n) is 5.21. The smallest absolute Gasteiger partial charge is 0.244 e. The number of carbonyl (C=O) groups is 1. The van der Waals surface area contributed by atoms with Gasteiger partial charge in [0.1, 0.15) is 5.82 Å². The van der Waals surface area contributed by atoms with Gasteiger partial charge in [0.05, 0.1) is 12.6 Å². The zero-order chi connectivity index (χ0) is 20.2. The number of hydrogen-bond donors (Lipinski definition) is 1. The zero-order valence-electron chi connectivity index (χ0n) is 16.3. The van der Waals surface area contributed by atoms with Gasteiger partial charge in [-0.1, -0.05) is 29.8 Å². The number of likely N-dealkylation sites (tertiary alicyclic amines) is 1. The predicted octanol–water partition coefficient (Wildman–Crippen LogP) is 4.35. The highest BCUT2D eigenvalue weighted by Gasteiger charge is 2.30. The van der Waals surface area contributed by atoms with Crippen LogP contribution in [0.15, 0.2) is 53.1 Å². The topological polar surface area (TPSA) is 71.3 Å². The van der Waals surface area contributed by atoms with Crippen molar-refractivity contribution in [3.05, 3.63) is 65.8 Å². The number of piperidine rings is 1. The molecule has 3 aromatic rings. The number of anilines is 1.